The number of benzene rings is 1. The van der Waals surface area contributed by atoms with E-state index < -0.39 is 58.1 Å². The summed E-state index contributed by atoms with van der Waals surface area (Å²) in [5, 5.41) is 11.4. The third-order valence-electron chi connectivity index (χ3n) is 8.49. The average Bonchev–Trinajstić information content (AvgIpc) is 3.36. The number of imide groups is 1. The van der Waals surface area contributed by atoms with Gasteiger partial charge >= 0.3 is 12.0 Å². The van der Waals surface area contributed by atoms with E-state index in [9.17, 15) is 33.6 Å². The number of ether oxygens (including phenoxy) is 1. The molecular formula is C35H52N6O8. The molecule has 0 spiro atoms. The Bertz CT molecular complexity index is 1400. The number of amides is 6. The van der Waals surface area contributed by atoms with Gasteiger partial charge in [-0.1, -0.05) is 53.7 Å². The van der Waals surface area contributed by atoms with E-state index in [1.165, 1.54) is 12.2 Å². The zero-order valence-corrected chi connectivity index (χ0v) is 29.8. The molecule has 14 nitrogen and oxygen atoms in total. The van der Waals surface area contributed by atoms with Gasteiger partial charge < -0.3 is 36.5 Å². The molecule has 1 aromatic carbocycles. The summed E-state index contributed by atoms with van der Waals surface area (Å²) in [7, 11) is 0. The van der Waals surface area contributed by atoms with Crippen LogP contribution in [0.25, 0.3) is 0 Å². The second-order valence-corrected chi connectivity index (χ2v) is 14.3. The summed E-state index contributed by atoms with van der Waals surface area (Å²) in [6.45, 7) is 14.0. The Hall–Kier alpha value is -4.59. The van der Waals surface area contributed by atoms with Crippen molar-refractivity contribution in [3.8, 4) is 0 Å². The van der Waals surface area contributed by atoms with Crippen LogP contribution >= 0.6 is 0 Å². The number of nitrogens with one attached hydrogen (secondary N) is 4. The summed E-state index contributed by atoms with van der Waals surface area (Å²) >= 11 is 0. The van der Waals surface area contributed by atoms with Crippen LogP contribution in [-0.4, -0.2) is 77.0 Å². The highest BCUT2D eigenvalue weighted by atomic mass is 16.5. The molecule has 0 aliphatic carbocycles. The fraction of sp³-hybridized carbons (Fsp3) is 0.571. The van der Waals surface area contributed by atoms with Gasteiger partial charge in [0.2, 0.25) is 11.8 Å². The number of anilines is 1. The van der Waals surface area contributed by atoms with E-state index in [1.54, 1.807) is 79.7 Å². The molecule has 0 fully saturated rings. The Balaban J connectivity index is 2.20. The Kier molecular flexibility index (Phi) is 14.2. The number of primary amides is 1. The molecule has 0 unspecified atom stereocenters. The number of aldehydes is 1. The maximum absolute atomic E-state index is 13.8. The number of esters is 1. The number of hydrogen-bond acceptors (Lipinski definition) is 9. The van der Waals surface area contributed by atoms with Gasteiger partial charge in [-0.2, -0.15) is 0 Å². The van der Waals surface area contributed by atoms with Crippen LogP contribution in [0.5, 0.6) is 0 Å². The van der Waals surface area contributed by atoms with E-state index in [2.05, 4.69) is 21.3 Å². The van der Waals surface area contributed by atoms with E-state index in [0.717, 1.165) is 10.5 Å². The van der Waals surface area contributed by atoms with E-state index in [4.69, 9.17) is 10.5 Å². The lowest BCUT2D eigenvalue weighted by Gasteiger charge is -2.42. The maximum Gasteiger partial charge on any atom is 0.312 e. The number of carbonyl (C=O) groups is 7. The molecule has 0 aromatic heterocycles. The first-order valence-corrected chi connectivity index (χ1v) is 16.4. The normalized spacial score (nSPS) is 15.2. The predicted octanol–water partition coefficient (Wildman–Crippen LogP) is 2.56. The van der Waals surface area contributed by atoms with Gasteiger partial charge in [0.1, 0.15) is 18.4 Å². The third-order valence-corrected chi connectivity index (χ3v) is 8.49. The van der Waals surface area contributed by atoms with Crippen LogP contribution in [0.3, 0.4) is 0 Å². The van der Waals surface area contributed by atoms with Crippen molar-refractivity contribution in [2.75, 3.05) is 18.4 Å². The Morgan fingerprint density at radius 2 is 1.55 bits per heavy atom. The first kappa shape index (κ1) is 40.6. The fourth-order valence-corrected chi connectivity index (χ4v) is 5.59. The lowest BCUT2D eigenvalue weighted by atomic mass is 9.77. The minimum Gasteiger partial charge on any atom is -0.461 e. The van der Waals surface area contributed by atoms with Crippen molar-refractivity contribution in [3.05, 3.63) is 42.0 Å². The monoisotopic (exact) mass is 684 g/mol. The van der Waals surface area contributed by atoms with E-state index in [1.807, 2.05) is 0 Å². The number of rotatable bonds is 19. The molecule has 0 bridgehead atoms. The van der Waals surface area contributed by atoms with E-state index in [0.29, 0.717) is 18.4 Å². The minimum atomic E-state index is -1.43. The van der Waals surface area contributed by atoms with Gasteiger partial charge in [-0.05, 0) is 56.7 Å². The molecule has 1 aliphatic heterocycles. The van der Waals surface area contributed by atoms with Gasteiger partial charge in [0.15, 0.2) is 0 Å². The highest BCUT2D eigenvalue weighted by molar-refractivity contribution is 6.13. The Morgan fingerprint density at radius 3 is 2.06 bits per heavy atom. The maximum atomic E-state index is 13.8. The minimum absolute atomic E-state index is 0.0942. The molecule has 14 heteroatoms. The lowest BCUT2D eigenvalue weighted by Crippen LogP contribution is -2.64. The summed E-state index contributed by atoms with van der Waals surface area (Å²) in [5.74, 6) is -2.78. The lowest BCUT2D eigenvalue weighted by molar-refractivity contribution is -0.149. The van der Waals surface area contributed by atoms with Crippen molar-refractivity contribution in [1.82, 2.24) is 20.9 Å². The van der Waals surface area contributed by atoms with Crippen molar-refractivity contribution in [2.24, 2.45) is 23.0 Å². The summed E-state index contributed by atoms with van der Waals surface area (Å²) in [4.78, 5) is 88.8. The smallest absolute Gasteiger partial charge is 0.312 e. The highest BCUT2D eigenvalue weighted by Crippen LogP contribution is 2.34. The quantitative estimate of drug-likeness (QED) is 0.0627. The Labute approximate surface area is 288 Å². The van der Waals surface area contributed by atoms with Gasteiger partial charge in [0.05, 0.1) is 12.0 Å². The predicted molar refractivity (Wildman–Crippen MR) is 184 cm³/mol. The highest BCUT2D eigenvalue weighted by Gasteiger charge is 2.46. The first-order valence-electron chi connectivity index (χ1n) is 16.4. The number of nitrogens with two attached hydrogens (primary N) is 1. The molecule has 2 atom stereocenters. The van der Waals surface area contributed by atoms with Crippen LogP contribution < -0.4 is 27.0 Å². The second-order valence-electron chi connectivity index (χ2n) is 14.3. The average molecular weight is 685 g/mol. The van der Waals surface area contributed by atoms with Crippen molar-refractivity contribution in [1.29, 1.82) is 0 Å². The first-order chi connectivity index (χ1) is 22.7. The molecule has 0 saturated heterocycles. The van der Waals surface area contributed by atoms with Gasteiger partial charge in [-0.3, -0.25) is 28.9 Å². The summed E-state index contributed by atoms with van der Waals surface area (Å²) < 4.78 is 5.25. The molecular weight excluding hydrogens is 632 g/mol. The largest absolute Gasteiger partial charge is 0.461 e. The standard InChI is InChI=1S/C35H52N6O8/c1-22(2)30(46)49-18-24-11-13-25(14-12-24)39-29(45)26(10-9-17-37-32(36)48)38-20-35(21-42,23(3)4)40-31(47)33(5,6)19-34(7,8)41-27(43)15-16-28(41)44/h11-16,21-23,26,38H,9-10,17-20H2,1-8H3,(H,39,45)(H,40,47)(H3,36,37,48)/t26-,35+/m0/s1. The number of nitrogens with zero attached hydrogens (tertiary/aromatic N) is 1. The van der Waals surface area contributed by atoms with Crippen LogP contribution in [0, 0.1) is 17.3 Å². The van der Waals surface area contributed by atoms with Crippen molar-refractivity contribution in [3.63, 3.8) is 0 Å². The zero-order chi connectivity index (χ0) is 37.2. The Morgan fingerprint density at radius 1 is 0.959 bits per heavy atom. The van der Waals surface area contributed by atoms with Gasteiger partial charge in [0.25, 0.3) is 11.8 Å². The molecule has 6 N–H and O–H groups in total. The van der Waals surface area contributed by atoms with Gasteiger partial charge in [-0.25, -0.2) is 4.79 Å². The van der Waals surface area contributed by atoms with Crippen molar-refractivity contribution >= 4 is 47.6 Å². The molecule has 1 aliphatic rings. The SMILES string of the molecule is CC(C)C(=O)OCc1ccc(NC(=O)[C@H](CCCNC(N)=O)NC[C@](C=O)(NC(=O)C(C)(C)CC(C)(C)N2C(=O)C=CC2=O)C(C)C)cc1. The number of hydrogen-bond donors (Lipinski definition) is 5. The van der Waals surface area contributed by atoms with Gasteiger partial charge in [-0.15, -0.1) is 0 Å². The third kappa shape index (κ3) is 11.5. The van der Waals surface area contributed by atoms with Gasteiger partial charge in [0, 0.05) is 41.9 Å². The van der Waals surface area contributed by atoms with Crippen LogP contribution in [0.2, 0.25) is 0 Å². The molecule has 270 valence electrons. The summed E-state index contributed by atoms with van der Waals surface area (Å²) in [6, 6.07) is 5.26. The van der Waals surface area contributed by atoms with Crippen molar-refractivity contribution < 1.29 is 38.3 Å². The molecule has 2 rings (SSSR count). The molecule has 0 saturated carbocycles. The van der Waals surface area contributed by atoms with Crippen LogP contribution in [-0.2, 0) is 40.1 Å². The number of urea groups is 1. The second kappa shape index (κ2) is 17.2. The van der Waals surface area contributed by atoms with Crippen LogP contribution in [0.4, 0.5) is 10.5 Å². The van der Waals surface area contributed by atoms with Crippen LogP contribution in [0.15, 0.2) is 36.4 Å². The summed E-state index contributed by atoms with van der Waals surface area (Å²) in [5.41, 5.74) is 2.85. The molecule has 6 amide bonds. The summed E-state index contributed by atoms with van der Waals surface area (Å²) in [6.07, 6.45) is 3.77. The molecule has 1 heterocycles. The van der Waals surface area contributed by atoms with Crippen molar-refractivity contribution in [2.45, 2.75) is 98.4 Å². The topological polar surface area (TPSA) is 206 Å². The molecule has 49 heavy (non-hydrogen) atoms. The van der Waals surface area contributed by atoms with Crippen LogP contribution in [0.1, 0.15) is 80.2 Å². The van der Waals surface area contributed by atoms with E-state index >= 15 is 0 Å². The zero-order valence-electron chi connectivity index (χ0n) is 29.8. The van der Waals surface area contributed by atoms with E-state index in [-0.39, 0.29) is 44.4 Å². The molecule has 1 aromatic rings. The molecule has 0 radical (unpaired) electrons. The fourth-order valence-electron chi connectivity index (χ4n) is 5.59. The number of carbonyl (C=O) groups excluding carboxylic acids is 7.